The Morgan fingerprint density at radius 2 is 1.37 bits per heavy atom. The molecule has 0 aliphatic heterocycles. The van der Waals surface area contributed by atoms with Crippen molar-refractivity contribution >= 4 is 11.9 Å². The number of aromatic nitrogens is 1. The number of hydrogen-bond acceptors (Lipinski definition) is 4. The van der Waals surface area contributed by atoms with Gasteiger partial charge < -0.3 is 9.47 Å². The molecule has 4 rings (SSSR count). The molecule has 3 aromatic carbocycles. The molecule has 0 amide bonds. The lowest BCUT2D eigenvalue weighted by molar-refractivity contribution is 0.256. The third-order valence-electron chi connectivity index (χ3n) is 4.45. The topological polar surface area (TPSA) is 43.7 Å². The van der Waals surface area contributed by atoms with Crippen molar-refractivity contribution in [3.8, 4) is 11.5 Å². The van der Waals surface area contributed by atoms with Crippen LogP contribution in [0.15, 0.2) is 108 Å². The van der Waals surface area contributed by atoms with Gasteiger partial charge in [0.15, 0.2) is 11.5 Å². The van der Waals surface area contributed by atoms with Crippen molar-refractivity contribution in [2.45, 2.75) is 13.2 Å². The van der Waals surface area contributed by atoms with Crippen LogP contribution in [0.25, 0.3) is 0 Å². The van der Waals surface area contributed by atoms with E-state index in [0.29, 0.717) is 24.7 Å². The highest BCUT2D eigenvalue weighted by molar-refractivity contribution is 5.83. The fraction of sp³-hybridized carbons (Fsp3) is 0.0769. The van der Waals surface area contributed by atoms with Gasteiger partial charge in [-0.2, -0.15) is 0 Å². The van der Waals surface area contributed by atoms with E-state index in [1.165, 1.54) is 0 Å². The maximum Gasteiger partial charge on any atom is 0.162 e. The Kier molecular flexibility index (Phi) is 6.48. The van der Waals surface area contributed by atoms with Crippen LogP contribution in [-0.4, -0.2) is 11.2 Å². The smallest absolute Gasteiger partial charge is 0.162 e. The van der Waals surface area contributed by atoms with Gasteiger partial charge in [0.1, 0.15) is 13.2 Å². The molecule has 0 aliphatic carbocycles. The maximum atomic E-state index is 6.11. The summed E-state index contributed by atoms with van der Waals surface area (Å²) in [6.07, 6.45) is 5.25. The van der Waals surface area contributed by atoms with Gasteiger partial charge in [0, 0.05) is 12.4 Å². The average molecular weight is 394 g/mol. The third-order valence-corrected chi connectivity index (χ3v) is 4.45. The molecular weight excluding hydrogens is 372 g/mol. The summed E-state index contributed by atoms with van der Waals surface area (Å²) in [5, 5.41) is 0. The van der Waals surface area contributed by atoms with Crippen LogP contribution in [0.1, 0.15) is 16.7 Å². The van der Waals surface area contributed by atoms with Gasteiger partial charge in [-0.25, -0.2) is 0 Å². The highest BCUT2D eigenvalue weighted by Gasteiger charge is 2.08. The lowest BCUT2D eigenvalue weighted by Crippen LogP contribution is -2.01. The van der Waals surface area contributed by atoms with E-state index in [4.69, 9.17) is 9.47 Å². The summed E-state index contributed by atoms with van der Waals surface area (Å²) in [6.45, 7) is 0.942. The summed E-state index contributed by atoms with van der Waals surface area (Å²) in [4.78, 5) is 8.56. The normalized spacial score (nSPS) is 10.8. The number of rotatable bonds is 8. The maximum absolute atomic E-state index is 6.11. The fourth-order valence-corrected chi connectivity index (χ4v) is 2.89. The van der Waals surface area contributed by atoms with Gasteiger partial charge in [-0.05, 0) is 47.0 Å². The Morgan fingerprint density at radius 3 is 2.00 bits per heavy atom. The van der Waals surface area contributed by atoms with Gasteiger partial charge >= 0.3 is 0 Å². The van der Waals surface area contributed by atoms with E-state index in [9.17, 15) is 0 Å². The summed E-state index contributed by atoms with van der Waals surface area (Å²) in [5.74, 6) is 1.39. The van der Waals surface area contributed by atoms with Gasteiger partial charge in [-0.3, -0.25) is 9.98 Å². The zero-order chi connectivity index (χ0) is 20.4. The fourth-order valence-electron chi connectivity index (χ4n) is 2.89. The predicted molar refractivity (Wildman–Crippen MR) is 119 cm³/mol. The van der Waals surface area contributed by atoms with Crippen LogP contribution in [0.5, 0.6) is 11.5 Å². The van der Waals surface area contributed by atoms with Gasteiger partial charge in [0.2, 0.25) is 0 Å². The van der Waals surface area contributed by atoms with E-state index >= 15 is 0 Å². The van der Waals surface area contributed by atoms with Crippen molar-refractivity contribution in [1.29, 1.82) is 0 Å². The number of ether oxygens (including phenoxy) is 2. The first kappa shape index (κ1) is 19.4. The summed E-state index contributed by atoms with van der Waals surface area (Å²) < 4.78 is 12.2. The van der Waals surface area contributed by atoms with E-state index in [-0.39, 0.29) is 0 Å². The molecule has 4 aromatic rings. The van der Waals surface area contributed by atoms with E-state index in [1.54, 1.807) is 18.6 Å². The quantitative estimate of drug-likeness (QED) is 0.345. The molecule has 0 unspecified atom stereocenters. The van der Waals surface area contributed by atoms with Crippen molar-refractivity contribution in [3.63, 3.8) is 0 Å². The molecule has 1 aromatic heterocycles. The minimum Gasteiger partial charge on any atom is -0.485 e. The lowest BCUT2D eigenvalue weighted by atomic mass is 10.2. The molecule has 0 N–H and O–H groups in total. The Labute approximate surface area is 176 Å². The van der Waals surface area contributed by atoms with Crippen molar-refractivity contribution in [3.05, 3.63) is 120 Å². The number of pyridine rings is 1. The Morgan fingerprint density at radius 1 is 0.700 bits per heavy atom. The van der Waals surface area contributed by atoms with Gasteiger partial charge in [-0.1, -0.05) is 60.7 Å². The van der Waals surface area contributed by atoms with Crippen molar-refractivity contribution in [2.75, 3.05) is 0 Å². The second-order valence-corrected chi connectivity index (χ2v) is 6.72. The van der Waals surface area contributed by atoms with Crippen molar-refractivity contribution < 1.29 is 9.47 Å². The van der Waals surface area contributed by atoms with Crippen LogP contribution in [0.3, 0.4) is 0 Å². The van der Waals surface area contributed by atoms with Gasteiger partial charge in [0.25, 0.3) is 0 Å². The molecule has 0 bridgehead atoms. The third kappa shape index (κ3) is 5.55. The average Bonchev–Trinajstić information content (AvgIpc) is 2.82. The zero-order valence-corrected chi connectivity index (χ0v) is 16.5. The summed E-state index contributed by atoms with van der Waals surface area (Å²) in [7, 11) is 0. The highest BCUT2D eigenvalue weighted by atomic mass is 16.5. The predicted octanol–water partition coefficient (Wildman–Crippen LogP) is 5.99. The van der Waals surface area contributed by atoms with Gasteiger partial charge in [-0.15, -0.1) is 0 Å². The van der Waals surface area contributed by atoms with Gasteiger partial charge in [0.05, 0.1) is 11.9 Å². The Balaban J connectivity index is 1.53. The van der Waals surface area contributed by atoms with E-state index in [2.05, 4.69) is 9.98 Å². The van der Waals surface area contributed by atoms with Crippen LogP contribution >= 0.6 is 0 Å². The lowest BCUT2D eigenvalue weighted by Gasteiger charge is -2.14. The van der Waals surface area contributed by atoms with E-state index in [0.717, 1.165) is 22.4 Å². The van der Waals surface area contributed by atoms with Crippen LogP contribution in [0.2, 0.25) is 0 Å². The first-order valence-electron chi connectivity index (χ1n) is 9.78. The molecule has 4 heteroatoms. The monoisotopic (exact) mass is 394 g/mol. The second-order valence-electron chi connectivity index (χ2n) is 6.72. The Bertz CT molecular complexity index is 1080. The van der Waals surface area contributed by atoms with Crippen molar-refractivity contribution in [1.82, 2.24) is 4.98 Å². The Hall–Kier alpha value is -3.92. The number of aliphatic imine (C=N–C) groups is 1. The molecule has 4 nitrogen and oxygen atoms in total. The molecule has 1 heterocycles. The molecule has 0 radical (unpaired) electrons. The molecule has 30 heavy (non-hydrogen) atoms. The van der Waals surface area contributed by atoms with Crippen LogP contribution in [0, 0.1) is 0 Å². The standard InChI is InChI=1S/C26H22N2O2/c1-3-8-21(9-4-1)19-29-25-14-13-23(17-28-24-12-7-15-27-18-24)16-26(25)30-20-22-10-5-2-6-11-22/h1-18H,19-20H2. The van der Waals surface area contributed by atoms with Crippen LogP contribution in [0.4, 0.5) is 5.69 Å². The van der Waals surface area contributed by atoms with Crippen molar-refractivity contribution in [2.24, 2.45) is 4.99 Å². The van der Waals surface area contributed by atoms with E-state index < -0.39 is 0 Å². The van der Waals surface area contributed by atoms with E-state index in [1.807, 2.05) is 91.0 Å². The largest absolute Gasteiger partial charge is 0.485 e. The molecule has 0 atom stereocenters. The summed E-state index contributed by atoms with van der Waals surface area (Å²) in [6, 6.07) is 29.8. The SMILES string of the molecule is C(=Nc1cccnc1)c1ccc(OCc2ccccc2)c(OCc2ccccc2)c1. The minimum absolute atomic E-state index is 0.464. The number of nitrogens with zero attached hydrogens (tertiary/aromatic N) is 2. The molecule has 0 fully saturated rings. The molecule has 0 aliphatic rings. The van der Waals surface area contributed by atoms with Crippen LogP contribution in [-0.2, 0) is 13.2 Å². The summed E-state index contributed by atoms with van der Waals surface area (Å²) >= 11 is 0. The number of benzene rings is 3. The highest BCUT2D eigenvalue weighted by Crippen LogP contribution is 2.30. The second kappa shape index (κ2) is 10.0. The molecule has 148 valence electrons. The number of hydrogen-bond donors (Lipinski definition) is 0. The summed E-state index contributed by atoms with van der Waals surface area (Å²) in [5.41, 5.74) is 3.93. The molecule has 0 spiro atoms. The first-order chi connectivity index (χ1) is 14.9. The molecule has 0 saturated carbocycles. The zero-order valence-electron chi connectivity index (χ0n) is 16.5. The van der Waals surface area contributed by atoms with Crippen LogP contribution < -0.4 is 9.47 Å². The minimum atomic E-state index is 0.464. The first-order valence-corrected chi connectivity index (χ1v) is 9.78. The molecule has 0 saturated heterocycles. The molecular formula is C26H22N2O2.